The number of fused-ring (bicyclic) bond motifs is 2. The summed E-state index contributed by atoms with van der Waals surface area (Å²) in [6, 6.07) is 28.1. The van der Waals surface area contributed by atoms with Gasteiger partial charge in [-0.3, -0.25) is 4.98 Å². The normalized spacial score (nSPS) is 12.3. The fraction of sp³-hybridized carbons (Fsp3) is 0.0690. The molecule has 0 aliphatic heterocycles. The third-order valence-electron chi connectivity index (χ3n) is 6.26. The van der Waals surface area contributed by atoms with Crippen LogP contribution in [-0.2, 0) is 0 Å². The molecule has 6 aromatic rings. The molecule has 35 heavy (non-hydrogen) atoms. The molecule has 0 unspecified atom stereocenters. The minimum atomic E-state index is -0.478. The molecule has 1 N–H and O–H groups in total. The van der Waals surface area contributed by atoms with Gasteiger partial charge in [-0.25, -0.2) is 9.78 Å². The van der Waals surface area contributed by atoms with Gasteiger partial charge in [0.25, 0.3) is 0 Å². The van der Waals surface area contributed by atoms with Gasteiger partial charge in [-0.2, -0.15) is 0 Å². The van der Waals surface area contributed by atoms with Gasteiger partial charge in [-0.1, -0.05) is 48.5 Å². The number of pyridine rings is 1. The predicted octanol–water partition coefficient (Wildman–Crippen LogP) is 5.86. The van der Waals surface area contributed by atoms with E-state index in [2.05, 4.69) is 9.55 Å². The summed E-state index contributed by atoms with van der Waals surface area (Å²) in [7, 11) is 0. The Morgan fingerprint density at radius 1 is 0.914 bits per heavy atom. The first-order valence-electron chi connectivity index (χ1n) is 11.3. The smallest absolute Gasteiger partial charge is 0.336 e. The Morgan fingerprint density at radius 2 is 1.69 bits per heavy atom. The first-order valence-corrected chi connectivity index (χ1v) is 11.3. The minimum absolute atomic E-state index is 0.0179. The number of benzene rings is 3. The molecule has 0 aliphatic carbocycles. The van der Waals surface area contributed by atoms with E-state index in [4.69, 9.17) is 9.40 Å². The maximum atomic E-state index is 12.3. The van der Waals surface area contributed by atoms with Crippen molar-refractivity contribution in [3.63, 3.8) is 0 Å². The van der Waals surface area contributed by atoms with Crippen molar-refractivity contribution < 1.29 is 9.52 Å². The van der Waals surface area contributed by atoms with Crippen molar-refractivity contribution in [1.29, 1.82) is 0 Å². The summed E-state index contributed by atoms with van der Waals surface area (Å²) >= 11 is 0. The number of hydrogen-bond donors (Lipinski definition) is 1. The zero-order chi connectivity index (χ0) is 23.9. The molecule has 0 amide bonds. The van der Waals surface area contributed by atoms with Crippen molar-refractivity contribution in [3.8, 4) is 17.1 Å². The van der Waals surface area contributed by atoms with E-state index in [1.165, 1.54) is 6.07 Å². The average molecular weight is 460 g/mol. The molecule has 0 radical (unpaired) electrons. The number of aromatic nitrogens is 3. The molecule has 3 aromatic carbocycles. The second-order valence-electron chi connectivity index (χ2n) is 8.45. The second kappa shape index (κ2) is 8.25. The Bertz CT molecular complexity index is 1700. The Hall–Kier alpha value is -4.71. The lowest BCUT2D eigenvalue weighted by molar-refractivity contribution is 0.474. The molecule has 6 rings (SSSR count). The monoisotopic (exact) mass is 459 g/mol. The highest BCUT2D eigenvalue weighted by Crippen LogP contribution is 2.41. The maximum absolute atomic E-state index is 12.3. The van der Waals surface area contributed by atoms with E-state index in [9.17, 15) is 9.90 Å². The fourth-order valence-electron chi connectivity index (χ4n) is 4.70. The number of rotatable bonds is 4. The minimum Gasteiger partial charge on any atom is -0.507 e. The Kier molecular flexibility index (Phi) is 4.92. The van der Waals surface area contributed by atoms with E-state index in [0.717, 1.165) is 33.2 Å². The van der Waals surface area contributed by atoms with Crippen molar-refractivity contribution in [1.82, 2.24) is 14.5 Å². The van der Waals surface area contributed by atoms with Gasteiger partial charge in [0.2, 0.25) is 0 Å². The van der Waals surface area contributed by atoms with Crippen LogP contribution in [-0.4, -0.2) is 19.6 Å². The molecular formula is C29H21N3O3. The standard InChI is InChI=1S/C29H21N3O3/c1-18-17-25(34)35-28-20(18)14-15-24(33)26(28)29-31-21-11-5-6-13-23(21)32(29)27(19-9-3-2-4-10-19)22-12-7-8-16-30-22/h2-17,27,33H,1H3/t27-/m0/s1. The van der Waals surface area contributed by atoms with Gasteiger partial charge in [-0.05, 0) is 54.4 Å². The molecule has 170 valence electrons. The first kappa shape index (κ1) is 20.9. The maximum Gasteiger partial charge on any atom is 0.336 e. The van der Waals surface area contributed by atoms with Gasteiger partial charge in [0.05, 0.1) is 16.7 Å². The number of para-hydroxylation sites is 2. The van der Waals surface area contributed by atoms with Crippen LogP contribution in [0.15, 0.2) is 106 Å². The van der Waals surface area contributed by atoms with Gasteiger partial charge >= 0.3 is 5.63 Å². The highest BCUT2D eigenvalue weighted by molar-refractivity contribution is 5.97. The molecule has 6 heteroatoms. The van der Waals surface area contributed by atoms with E-state index in [-0.39, 0.29) is 11.8 Å². The molecule has 6 nitrogen and oxygen atoms in total. The second-order valence-corrected chi connectivity index (χ2v) is 8.45. The summed E-state index contributed by atoms with van der Waals surface area (Å²) in [6.07, 6.45) is 1.77. The van der Waals surface area contributed by atoms with Crippen LogP contribution in [0.4, 0.5) is 0 Å². The van der Waals surface area contributed by atoms with E-state index in [0.29, 0.717) is 17.0 Å². The molecule has 0 fully saturated rings. The van der Waals surface area contributed by atoms with Crippen LogP contribution >= 0.6 is 0 Å². The van der Waals surface area contributed by atoms with E-state index >= 15 is 0 Å². The zero-order valence-corrected chi connectivity index (χ0v) is 18.9. The van der Waals surface area contributed by atoms with Gasteiger partial charge in [0, 0.05) is 17.6 Å². The topological polar surface area (TPSA) is 81.2 Å². The van der Waals surface area contributed by atoms with Crippen LogP contribution in [0, 0.1) is 6.92 Å². The third kappa shape index (κ3) is 3.47. The van der Waals surface area contributed by atoms with Crippen LogP contribution in [0.2, 0.25) is 0 Å². The number of imidazole rings is 1. The average Bonchev–Trinajstić information content (AvgIpc) is 3.24. The molecule has 0 saturated heterocycles. The number of phenols is 1. The molecule has 3 aromatic heterocycles. The van der Waals surface area contributed by atoms with Crippen molar-refractivity contribution in [2.75, 3.05) is 0 Å². The quantitative estimate of drug-likeness (QED) is 0.334. The Balaban J connectivity index is 1.77. The summed E-state index contributed by atoms with van der Waals surface area (Å²) in [5, 5.41) is 11.8. The lowest BCUT2D eigenvalue weighted by Crippen LogP contribution is -2.15. The summed E-state index contributed by atoms with van der Waals surface area (Å²) in [4.78, 5) is 22.0. The summed E-state index contributed by atoms with van der Waals surface area (Å²) in [5.41, 5.74) is 4.42. The van der Waals surface area contributed by atoms with Crippen LogP contribution in [0.1, 0.15) is 22.9 Å². The summed E-state index contributed by atoms with van der Waals surface area (Å²) < 4.78 is 7.73. The van der Waals surface area contributed by atoms with Crippen LogP contribution in [0.5, 0.6) is 5.75 Å². The lowest BCUT2D eigenvalue weighted by Gasteiger charge is -2.23. The highest BCUT2D eigenvalue weighted by atomic mass is 16.4. The predicted molar refractivity (Wildman–Crippen MR) is 136 cm³/mol. The number of aryl methyl sites for hydroxylation is 1. The molecule has 0 spiro atoms. The summed E-state index contributed by atoms with van der Waals surface area (Å²) in [6.45, 7) is 1.85. The van der Waals surface area contributed by atoms with Gasteiger partial charge in [0.15, 0.2) is 5.58 Å². The molecule has 1 atom stereocenters. The fourth-order valence-corrected chi connectivity index (χ4v) is 4.70. The first-order chi connectivity index (χ1) is 17.1. The number of nitrogens with zero attached hydrogens (tertiary/aromatic N) is 3. The molecule has 0 bridgehead atoms. The van der Waals surface area contributed by atoms with E-state index in [1.54, 1.807) is 18.3 Å². The van der Waals surface area contributed by atoms with E-state index in [1.807, 2.05) is 79.7 Å². The third-order valence-corrected chi connectivity index (χ3v) is 6.26. The highest BCUT2D eigenvalue weighted by Gasteiger charge is 2.27. The van der Waals surface area contributed by atoms with Crippen LogP contribution in [0.3, 0.4) is 0 Å². The molecule has 0 saturated carbocycles. The Morgan fingerprint density at radius 3 is 2.49 bits per heavy atom. The largest absolute Gasteiger partial charge is 0.507 e. The molecular weight excluding hydrogens is 438 g/mol. The number of aromatic hydroxyl groups is 1. The van der Waals surface area contributed by atoms with Crippen molar-refractivity contribution in [2.45, 2.75) is 13.0 Å². The molecule has 0 aliphatic rings. The lowest BCUT2D eigenvalue weighted by atomic mass is 10.0. The van der Waals surface area contributed by atoms with Crippen molar-refractivity contribution in [3.05, 3.63) is 124 Å². The zero-order valence-electron chi connectivity index (χ0n) is 18.9. The SMILES string of the molecule is Cc1cc(=O)oc2c(-c3nc4ccccc4n3[C@@H](c3ccccc3)c3ccccn3)c(O)ccc12. The van der Waals surface area contributed by atoms with Gasteiger partial charge in [0.1, 0.15) is 23.2 Å². The molecule has 3 heterocycles. The summed E-state index contributed by atoms with van der Waals surface area (Å²) in [5.74, 6) is 0.471. The number of hydrogen-bond acceptors (Lipinski definition) is 5. The van der Waals surface area contributed by atoms with Crippen LogP contribution in [0.25, 0.3) is 33.4 Å². The van der Waals surface area contributed by atoms with Gasteiger partial charge in [-0.15, -0.1) is 0 Å². The number of phenolic OH excluding ortho intramolecular Hbond substituents is 1. The van der Waals surface area contributed by atoms with Crippen molar-refractivity contribution >= 4 is 22.0 Å². The Labute approximate surface area is 200 Å². The van der Waals surface area contributed by atoms with Gasteiger partial charge < -0.3 is 14.1 Å². The van der Waals surface area contributed by atoms with E-state index < -0.39 is 5.63 Å². The van der Waals surface area contributed by atoms with Crippen LogP contribution < -0.4 is 5.63 Å². The van der Waals surface area contributed by atoms with Crippen molar-refractivity contribution in [2.24, 2.45) is 0 Å².